The Labute approximate surface area is 222 Å². The van der Waals surface area contributed by atoms with Crippen LogP contribution in [0.25, 0.3) is 0 Å². The number of ether oxygens (including phenoxy) is 2. The molecule has 2 saturated heterocycles. The minimum atomic E-state index is -3.49. The lowest BCUT2D eigenvalue weighted by atomic mass is 9.77. The Balaban J connectivity index is 1.21. The predicted molar refractivity (Wildman–Crippen MR) is 143 cm³/mol. The second-order valence-corrected chi connectivity index (χ2v) is 14.9. The van der Waals surface area contributed by atoms with Crippen molar-refractivity contribution in [3.63, 3.8) is 0 Å². The Morgan fingerprint density at radius 2 is 1.81 bits per heavy atom. The summed E-state index contributed by atoms with van der Waals surface area (Å²) in [4.78, 5) is 2.52. The second kappa shape index (κ2) is 11.4. The van der Waals surface area contributed by atoms with Gasteiger partial charge >= 0.3 is 0 Å². The highest BCUT2D eigenvalue weighted by atomic mass is 32.2. The van der Waals surface area contributed by atoms with Crippen molar-refractivity contribution in [3.05, 3.63) is 23.3 Å². The summed E-state index contributed by atoms with van der Waals surface area (Å²) in [6, 6.07) is 4.35. The molecule has 1 N–H and O–H groups in total. The highest BCUT2D eigenvalue weighted by molar-refractivity contribution is 7.89. The molecule has 4 heterocycles. The van der Waals surface area contributed by atoms with Gasteiger partial charge in [-0.1, -0.05) is 26.2 Å². The van der Waals surface area contributed by atoms with Crippen LogP contribution in [0.3, 0.4) is 0 Å². The molecule has 37 heavy (non-hydrogen) atoms. The summed E-state index contributed by atoms with van der Waals surface area (Å²) in [5.74, 6) is 1.99. The van der Waals surface area contributed by atoms with E-state index in [1.165, 1.54) is 11.1 Å². The van der Waals surface area contributed by atoms with Crippen molar-refractivity contribution in [2.24, 2.45) is 5.92 Å². The summed E-state index contributed by atoms with van der Waals surface area (Å²) in [6.07, 6.45) is 7.58. The lowest BCUT2D eigenvalue weighted by Crippen LogP contribution is -2.57. The lowest BCUT2D eigenvalue weighted by Gasteiger charge is -2.51. The third-order valence-corrected chi connectivity index (χ3v) is 11.9. The molecule has 5 rings (SSSR count). The molecule has 4 aliphatic heterocycles. The van der Waals surface area contributed by atoms with Crippen LogP contribution in [0.1, 0.15) is 75.5 Å². The molecular weight excluding hydrogens is 514 g/mol. The molecule has 9 nitrogen and oxygen atoms in total. The first kappa shape index (κ1) is 27.2. The first-order valence-corrected chi connectivity index (χ1v) is 17.2. The van der Waals surface area contributed by atoms with Gasteiger partial charge in [-0.05, 0) is 67.7 Å². The Kier molecular flexibility index (Phi) is 8.36. The Morgan fingerprint density at radius 3 is 2.62 bits per heavy atom. The third-order valence-electron chi connectivity index (χ3n) is 8.43. The zero-order chi connectivity index (χ0) is 26.0. The minimum Gasteiger partial charge on any atom is -0.454 e. The molecule has 0 bridgehead atoms. The van der Waals surface area contributed by atoms with Crippen molar-refractivity contribution in [1.82, 2.24) is 13.9 Å². The summed E-state index contributed by atoms with van der Waals surface area (Å²) in [5.41, 5.74) is 2.52. The molecule has 3 atom stereocenters. The number of nitrogens with zero attached hydrogens (tertiary/aromatic N) is 2. The Morgan fingerprint density at radius 1 is 1.00 bits per heavy atom. The number of fused-ring (bicyclic) bond motifs is 5. The number of rotatable bonds is 11. The average Bonchev–Trinajstić information content (AvgIpc) is 3.34. The monoisotopic (exact) mass is 555 g/mol. The largest absolute Gasteiger partial charge is 0.454 e. The van der Waals surface area contributed by atoms with Gasteiger partial charge in [0.05, 0.1) is 11.5 Å². The topological polar surface area (TPSA) is 105 Å². The van der Waals surface area contributed by atoms with E-state index in [2.05, 4.69) is 28.7 Å². The van der Waals surface area contributed by atoms with Gasteiger partial charge in [0.1, 0.15) is 0 Å². The van der Waals surface area contributed by atoms with Crippen molar-refractivity contribution in [2.45, 2.75) is 76.8 Å². The molecule has 0 aromatic heterocycles. The second-order valence-electron chi connectivity index (χ2n) is 10.9. The van der Waals surface area contributed by atoms with Crippen LogP contribution in [-0.2, 0) is 26.5 Å². The number of sulfonamides is 2. The van der Waals surface area contributed by atoms with Crippen molar-refractivity contribution in [3.8, 4) is 11.5 Å². The molecule has 1 aromatic rings. The van der Waals surface area contributed by atoms with E-state index in [1.807, 2.05) is 0 Å². The van der Waals surface area contributed by atoms with Gasteiger partial charge in [0.25, 0.3) is 0 Å². The van der Waals surface area contributed by atoms with Crippen LogP contribution in [0.15, 0.2) is 12.1 Å². The van der Waals surface area contributed by atoms with E-state index in [-0.39, 0.29) is 43.3 Å². The standard InChI is InChI=1S/C26H41N3O6S2/c1-2-3-4-5-13-36(30,31)27-10-7-14-37(32,33)29-11-6-8-21-18-28-12-9-20-15-25-26(35-19-34-25)16-22(20)24(28)17-23(21)29/h15-16,21,23-24,27H,2-14,17-19H2,1H3/t21-,23+,24-/m0/s1. The van der Waals surface area contributed by atoms with Gasteiger partial charge < -0.3 is 9.47 Å². The zero-order valence-electron chi connectivity index (χ0n) is 21.9. The maximum Gasteiger partial charge on any atom is 0.231 e. The minimum absolute atomic E-state index is 0.0216. The maximum absolute atomic E-state index is 13.5. The fraction of sp³-hybridized carbons (Fsp3) is 0.769. The van der Waals surface area contributed by atoms with E-state index >= 15 is 0 Å². The highest BCUT2D eigenvalue weighted by Crippen LogP contribution is 2.46. The summed E-state index contributed by atoms with van der Waals surface area (Å²) in [6.45, 7) is 4.93. The molecule has 0 aliphatic carbocycles. The fourth-order valence-electron chi connectivity index (χ4n) is 6.53. The summed E-state index contributed by atoms with van der Waals surface area (Å²) >= 11 is 0. The SMILES string of the molecule is CCCCCCS(=O)(=O)NCCCS(=O)(=O)N1CCC[C@H]2CN3CCc4cc5c(cc4[C@@H]3C[C@H]21)OCO5. The van der Waals surface area contributed by atoms with Crippen LogP contribution in [0, 0.1) is 5.92 Å². The van der Waals surface area contributed by atoms with Gasteiger partial charge in [0, 0.05) is 38.3 Å². The highest BCUT2D eigenvalue weighted by Gasteiger charge is 2.46. The number of hydrogen-bond acceptors (Lipinski definition) is 7. The first-order valence-electron chi connectivity index (χ1n) is 13.9. The Hall–Kier alpha value is -1.40. The van der Waals surface area contributed by atoms with E-state index in [4.69, 9.17) is 9.47 Å². The van der Waals surface area contributed by atoms with E-state index in [9.17, 15) is 16.8 Å². The van der Waals surface area contributed by atoms with Gasteiger partial charge in [-0.2, -0.15) is 4.31 Å². The van der Waals surface area contributed by atoms with E-state index in [0.717, 1.165) is 69.5 Å². The van der Waals surface area contributed by atoms with E-state index in [0.29, 0.717) is 18.9 Å². The molecule has 4 aliphatic rings. The van der Waals surface area contributed by atoms with Crippen LogP contribution >= 0.6 is 0 Å². The van der Waals surface area contributed by atoms with Crippen LogP contribution in [-0.4, -0.2) is 76.6 Å². The van der Waals surface area contributed by atoms with Crippen molar-refractivity contribution in [1.29, 1.82) is 0 Å². The molecule has 0 radical (unpaired) electrons. The molecule has 1 aromatic carbocycles. The number of piperidine rings is 2. The average molecular weight is 556 g/mol. The summed E-state index contributed by atoms with van der Waals surface area (Å²) in [5, 5.41) is 0. The Bertz CT molecular complexity index is 1170. The molecule has 0 amide bonds. The first-order chi connectivity index (χ1) is 17.8. The predicted octanol–water partition coefficient (Wildman–Crippen LogP) is 3.02. The molecule has 11 heteroatoms. The fourth-order valence-corrected chi connectivity index (χ4v) is 9.53. The number of unbranched alkanes of at least 4 members (excludes halogenated alkanes) is 3. The molecule has 208 valence electrons. The quantitative estimate of drug-likeness (QED) is 0.419. The van der Waals surface area contributed by atoms with E-state index < -0.39 is 20.0 Å². The van der Waals surface area contributed by atoms with Gasteiger partial charge in [0.2, 0.25) is 26.8 Å². The van der Waals surface area contributed by atoms with Gasteiger partial charge in [-0.15, -0.1) is 0 Å². The molecule has 2 fully saturated rings. The van der Waals surface area contributed by atoms with Crippen LogP contribution < -0.4 is 14.2 Å². The van der Waals surface area contributed by atoms with Crippen molar-refractivity contribution < 1.29 is 26.3 Å². The number of benzene rings is 1. The summed E-state index contributed by atoms with van der Waals surface area (Å²) < 4.78 is 66.9. The molecule has 0 saturated carbocycles. The van der Waals surface area contributed by atoms with Crippen molar-refractivity contribution in [2.75, 3.05) is 44.5 Å². The lowest BCUT2D eigenvalue weighted by molar-refractivity contribution is 0.0219. The normalized spacial score (nSPS) is 25.9. The smallest absolute Gasteiger partial charge is 0.231 e. The number of hydrogen-bond donors (Lipinski definition) is 1. The van der Waals surface area contributed by atoms with Crippen molar-refractivity contribution >= 4 is 20.0 Å². The van der Waals surface area contributed by atoms with Gasteiger partial charge in [0.15, 0.2) is 11.5 Å². The van der Waals surface area contributed by atoms with Crippen LogP contribution in [0.2, 0.25) is 0 Å². The van der Waals surface area contributed by atoms with Gasteiger partial charge in [-0.25, -0.2) is 21.6 Å². The molecular formula is C26H41N3O6S2. The van der Waals surface area contributed by atoms with E-state index in [1.54, 1.807) is 4.31 Å². The third kappa shape index (κ3) is 6.11. The van der Waals surface area contributed by atoms with Crippen LogP contribution in [0.4, 0.5) is 0 Å². The summed E-state index contributed by atoms with van der Waals surface area (Å²) in [7, 11) is -6.84. The van der Waals surface area contributed by atoms with Crippen LogP contribution in [0.5, 0.6) is 11.5 Å². The zero-order valence-corrected chi connectivity index (χ0v) is 23.5. The number of nitrogens with one attached hydrogen (secondary N) is 1. The maximum atomic E-state index is 13.5. The van der Waals surface area contributed by atoms with Gasteiger partial charge in [-0.3, -0.25) is 4.90 Å². The molecule has 0 spiro atoms. The molecule has 0 unspecified atom stereocenters.